The summed E-state index contributed by atoms with van der Waals surface area (Å²) in [5, 5.41) is 3.99. The maximum atomic E-state index is 12.9. The first-order valence-electron chi connectivity index (χ1n) is 7.74. The molecule has 0 radical (unpaired) electrons. The topological polar surface area (TPSA) is 32.3 Å². The normalized spacial score (nSPS) is 18.0. The van der Waals surface area contributed by atoms with Crippen LogP contribution in [0.2, 0.25) is 5.02 Å². The molecule has 1 aromatic rings. The molecule has 3 nitrogen and oxygen atoms in total. The third-order valence-corrected chi connectivity index (χ3v) is 4.59. The Hall–Kier alpha value is -1.06. The van der Waals surface area contributed by atoms with E-state index in [9.17, 15) is 4.79 Å². The fourth-order valence-electron chi connectivity index (χ4n) is 3.10. The third-order valence-electron chi connectivity index (χ3n) is 4.36. The van der Waals surface area contributed by atoms with Crippen molar-refractivity contribution in [2.75, 3.05) is 20.1 Å². The molecule has 0 aromatic heterocycles. The number of nitrogens with one attached hydrogen (secondary N) is 1. The molecule has 116 valence electrons. The number of carbonyl (C=O) groups is 1. The van der Waals surface area contributed by atoms with Gasteiger partial charge in [0.1, 0.15) is 0 Å². The Kier molecular flexibility index (Phi) is 5.65. The summed E-state index contributed by atoms with van der Waals surface area (Å²) in [5.74, 6) is 0.398. The molecule has 4 heteroatoms. The van der Waals surface area contributed by atoms with Gasteiger partial charge in [0.15, 0.2) is 0 Å². The van der Waals surface area contributed by atoms with E-state index < -0.39 is 0 Å². The van der Waals surface area contributed by atoms with E-state index in [4.69, 9.17) is 11.6 Å². The van der Waals surface area contributed by atoms with Gasteiger partial charge in [-0.25, -0.2) is 0 Å². The van der Waals surface area contributed by atoms with Gasteiger partial charge in [0.25, 0.3) is 0 Å². The van der Waals surface area contributed by atoms with Crippen molar-refractivity contribution in [2.45, 2.75) is 38.6 Å². The van der Waals surface area contributed by atoms with Crippen LogP contribution in [-0.4, -0.2) is 37.0 Å². The predicted octanol–water partition coefficient (Wildman–Crippen LogP) is 3.29. The number of benzene rings is 1. The minimum atomic E-state index is -0.102. The number of carbonyl (C=O) groups excluding carboxylic acids is 1. The van der Waals surface area contributed by atoms with Gasteiger partial charge >= 0.3 is 0 Å². The summed E-state index contributed by atoms with van der Waals surface area (Å²) in [6.07, 6.45) is 2.06. The zero-order chi connectivity index (χ0) is 15.4. The van der Waals surface area contributed by atoms with E-state index in [-0.39, 0.29) is 17.7 Å². The van der Waals surface area contributed by atoms with Crippen LogP contribution in [0.25, 0.3) is 0 Å². The van der Waals surface area contributed by atoms with E-state index >= 15 is 0 Å². The molecule has 1 aliphatic rings. The molecule has 0 saturated carbocycles. The highest BCUT2D eigenvalue weighted by Crippen LogP contribution is 2.29. The first kappa shape index (κ1) is 16.3. The summed E-state index contributed by atoms with van der Waals surface area (Å²) in [7, 11) is 1.99. The predicted molar refractivity (Wildman–Crippen MR) is 87.7 cm³/mol. The summed E-state index contributed by atoms with van der Waals surface area (Å²) in [6.45, 7) is 5.88. The zero-order valence-corrected chi connectivity index (χ0v) is 13.9. The lowest BCUT2D eigenvalue weighted by Crippen LogP contribution is -2.46. The molecule has 1 saturated heterocycles. The minimum absolute atomic E-state index is 0.102. The lowest BCUT2D eigenvalue weighted by Gasteiger charge is -2.35. The van der Waals surface area contributed by atoms with Gasteiger partial charge in [0.2, 0.25) is 5.91 Å². The van der Waals surface area contributed by atoms with E-state index in [1.165, 1.54) is 0 Å². The number of likely N-dealkylation sites (tertiary alicyclic amines) is 1. The van der Waals surface area contributed by atoms with E-state index in [1.54, 1.807) is 0 Å². The van der Waals surface area contributed by atoms with Crippen molar-refractivity contribution < 1.29 is 4.79 Å². The van der Waals surface area contributed by atoms with Crippen LogP contribution in [0.15, 0.2) is 24.3 Å². The van der Waals surface area contributed by atoms with Gasteiger partial charge in [-0.1, -0.05) is 37.6 Å². The smallest absolute Gasteiger partial charge is 0.230 e. The number of hydrogen-bond acceptors (Lipinski definition) is 2. The van der Waals surface area contributed by atoms with Crippen molar-refractivity contribution in [3.05, 3.63) is 34.9 Å². The molecule has 0 bridgehead atoms. The second kappa shape index (κ2) is 7.28. The van der Waals surface area contributed by atoms with Crippen molar-refractivity contribution >= 4 is 17.5 Å². The molecule has 1 atom stereocenters. The lowest BCUT2D eigenvalue weighted by atomic mass is 9.86. The number of halogens is 1. The van der Waals surface area contributed by atoms with Crippen molar-refractivity contribution in [3.63, 3.8) is 0 Å². The molecule has 1 fully saturated rings. The molecule has 1 aliphatic heterocycles. The quantitative estimate of drug-likeness (QED) is 0.925. The molecule has 1 heterocycles. The van der Waals surface area contributed by atoms with Crippen molar-refractivity contribution in [3.8, 4) is 0 Å². The fraction of sp³-hybridized carbons (Fsp3) is 0.588. The number of amides is 1. The standard InChI is InChI=1S/C17H25ClN2O/c1-12(2)16(13-5-4-6-14(18)11-13)17(21)20-9-7-15(19-3)8-10-20/h4-6,11-12,15-16,19H,7-10H2,1-3H3. The Morgan fingerprint density at radius 2 is 2.00 bits per heavy atom. The van der Waals surface area contributed by atoms with E-state index in [1.807, 2.05) is 36.2 Å². The Morgan fingerprint density at radius 1 is 1.33 bits per heavy atom. The van der Waals surface area contributed by atoms with Gasteiger partial charge in [-0.15, -0.1) is 0 Å². The number of rotatable bonds is 4. The molecule has 1 N–H and O–H groups in total. The summed E-state index contributed by atoms with van der Waals surface area (Å²) in [6, 6.07) is 8.25. The average Bonchev–Trinajstić information content (AvgIpc) is 2.47. The van der Waals surface area contributed by atoms with Gasteiger partial charge in [0, 0.05) is 24.2 Å². The molecule has 0 aliphatic carbocycles. The first-order chi connectivity index (χ1) is 10.0. The Balaban J connectivity index is 2.13. The Labute approximate surface area is 132 Å². The lowest BCUT2D eigenvalue weighted by molar-refractivity contribution is -0.135. The van der Waals surface area contributed by atoms with Crippen LogP contribution in [0.1, 0.15) is 38.2 Å². The summed E-state index contributed by atoms with van der Waals surface area (Å²) in [4.78, 5) is 14.9. The van der Waals surface area contributed by atoms with Crippen LogP contribution < -0.4 is 5.32 Å². The molecule has 21 heavy (non-hydrogen) atoms. The van der Waals surface area contributed by atoms with Gasteiger partial charge in [0.05, 0.1) is 5.92 Å². The van der Waals surface area contributed by atoms with Crippen LogP contribution in [0.3, 0.4) is 0 Å². The van der Waals surface area contributed by atoms with Gasteiger partial charge < -0.3 is 10.2 Å². The van der Waals surface area contributed by atoms with Gasteiger partial charge in [-0.05, 0) is 43.5 Å². The average molecular weight is 309 g/mol. The molecule has 0 spiro atoms. The van der Waals surface area contributed by atoms with Crippen LogP contribution in [0.5, 0.6) is 0 Å². The second-order valence-corrected chi connectivity index (χ2v) is 6.60. The summed E-state index contributed by atoms with van der Waals surface area (Å²) in [5.41, 5.74) is 1.03. The maximum absolute atomic E-state index is 12.9. The molecule has 1 amide bonds. The molecular formula is C17H25ClN2O. The highest BCUT2D eigenvalue weighted by Gasteiger charge is 2.30. The van der Waals surface area contributed by atoms with Crippen LogP contribution in [-0.2, 0) is 4.79 Å². The molecular weight excluding hydrogens is 284 g/mol. The van der Waals surface area contributed by atoms with E-state index in [0.29, 0.717) is 11.1 Å². The summed E-state index contributed by atoms with van der Waals surface area (Å²) >= 11 is 6.09. The van der Waals surface area contributed by atoms with Crippen LogP contribution >= 0.6 is 11.6 Å². The molecule has 1 aromatic carbocycles. The number of hydrogen-bond donors (Lipinski definition) is 1. The molecule has 1 unspecified atom stereocenters. The first-order valence-corrected chi connectivity index (χ1v) is 8.12. The van der Waals surface area contributed by atoms with E-state index in [0.717, 1.165) is 31.5 Å². The fourth-order valence-corrected chi connectivity index (χ4v) is 3.30. The minimum Gasteiger partial charge on any atom is -0.342 e. The van der Waals surface area contributed by atoms with Crippen molar-refractivity contribution in [2.24, 2.45) is 5.92 Å². The summed E-state index contributed by atoms with van der Waals surface area (Å²) < 4.78 is 0. The van der Waals surface area contributed by atoms with Gasteiger partial charge in [-0.3, -0.25) is 4.79 Å². The Morgan fingerprint density at radius 3 is 2.52 bits per heavy atom. The third kappa shape index (κ3) is 3.98. The van der Waals surface area contributed by atoms with Crippen molar-refractivity contribution in [1.29, 1.82) is 0 Å². The highest BCUT2D eigenvalue weighted by molar-refractivity contribution is 6.30. The van der Waals surface area contributed by atoms with Crippen LogP contribution in [0.4, 0.5) is 0 Å². The largest absolute Gasteiger partial charge is 0.342 e. The highest BCUT2D eigenvalue weighted by atomic mass is 35.5. The van der Waals surface area contributed by atoms with E-state index in [2.05, 4.69) is 19.2 Å². The Bertz CT molecular complexity index is 481. The van der Waals surface area contributed by atoms with Gasteiger partial charge in [-0.2, -0.15) is 0 Å². The number of nitrogens with zero attached hydrogens (tertiary/aromatic N) is 1. The monoisotopic (exact) mass is 308 g/mol. The number of piperidine rings is 1. The van der Waals surface area contributed by atoms with Crippen molar-refractivity contribution in [1.82, 2.24) is 10.2 Å². The zero-order valence-electron chi connectivity index (χ0n) is 13.1. The maximum Gasteiger partial charge on any atom is 0.230 e. The SMILES string of the molecule is CNC1CCN(C(=O)C(c2cccc(Cl)c2)C(C)C)CC1. The molecule has 2 rings (SSSR count). The second-order valence-electron chi connectivity index (χ2n) is 6.16. The van der Waals surface area contributed by atoms with Crippen LogP contribution in [0, 0.1) is 5.92 Å².